The first-order valence-electron chi connectivity index (χ1n) is 13.7. The van der Waals surface area contributed by atoms with Gasteiger partial charge < -0.3 is 19.3 Å². The molecule has 6 rings (SSSR count). The van der Waals surface area contributed by atoms with Gasteiger partial charge in [-0.25, -0.2) is 0 Å². The van der Waals surface area contributed by atoms with Crippen molar-refractivity contribution in [3.8, 4) is 17.2 Å². The summed E-state index contributed by atoms with van der Waals surface area (Å²) in [6, 6.07) is 19.3. The van der Waals surface area contributed by atoms with Crippen molar-refractivity contribution in [3.63, 3.8) is 0 Å². The second-order valence-corrected chi connectivity index (χ2v) is 11.3. The highest BCUT2D eigenvalue weighted by atomic mass is 32.1. The molecule has 214 valence electrons. The van der Waals surface area contributed by atoms with E-state index in [1.165, 1.54) is 16.2 Å². The minimum atomic E-state index is -0.969. The molecule has 9 nitrogen and oxygen atoms in total. The van der Waals surface area contributed by atoms with Gasteiger partial charge in [-0.05, 0) is 67.8 Å². The van der Waals surface area contributed by atoms with Crippen molar-refractivity contribution in [1.29, 1.82) is 0 Å². The van der Waals surface area contributed by atoms with E-state index >= 15 is 0 Å². The van der Waals surface area contributed by atoms with Crippen molar-refractivity contribution in [3.05, 3.63) is 99.6 Å². The molecule has 0 saturated carbocycles. The number of benzene rings is 3. The summed E-state index contributed by atoms with van der Waals surface area (Å²) < 4.78 is 17.8. The van der Waals surface area contributed by atoms with Crippen LogP contribution in [-0.4, -0.2) is 39.7 Å². The predicted molar refractivity (Wildman–Crippen MR) is 158 cm³/mol. The lowest BCUT2D eigenvalue weighted by Gasteiger charge is -2.24. The summed E-state index contributed by atoms with van der Waals surface area (Å²) >= 11 is 1.19. The molecule has 4 aromatic rings. The maximum Gasteiger partial charge on any atom is 0.301 e. The van der Waals surface area contributed by atoms with Crippen LogP contribution >= 0.6 is 11.3 Å². The molecule has 0 aliphatic carbocycles. The summed E-state index contributed by atoms with van der Waals surface area (Å²) in [7, 11) is 0. The molecule has 42 heavy (non-hydrogen) atoms. The van der Waals surface area contributed by atoms with Crippen LogP contribution in [-0.2, 0) is 22.6 Å². The van der Waals surface area contributed by atoms with Crippen molar-refractivity contribution in [2.24, 2.45) is 0 Å². The maximum atomic E-state index is 13.6. The van der Waals surface area contributed by atoms with Crippen LogP contribution in [0.4, 0.5) is 5.13 Å². The fourth-order valence-corrected chi connectivity index (χ4v) is 5.99. The van der Waals surface area contributed by atoms with Gasteiger partial charge in [-0.1, -0.05) is 47.7 Å². The van der Waals surface area contributed by atoms with E-state index in [1.807, 2.05) is 44.2 Å². The lowest BCUT2D eigenvalue weighted by Crippen LogP contribution is -2.29. The molecule has 3 aromatic carbocycles. The first-order valence-corrected chi connectivity index (χ1v) is 14.5. The molecular weight excluding hydrogens is 554 g/mol. The highest BCUT2D eigenvalue weighted by molar-refractivity contribution is 7.15. The zero-order valence-electron chi connectivity index (χ0n) is 23.4. The molecule has 2 atom stereocenters. The molecule has 3 heterocycles. The lowest BCUT2D eigenvalue weighted by molar-refractivity contribution is -0.132. The Hall–Kier alpha value is -4.70. The fourth-order valence-electron chi connectivity index (χ4n) is 5.27. The first kappa shape index (κ1) is 27.5. The van der Waals surface area contributed by atoms with E-state index < -0.39 is 17.7 Å². The molecule has 0 spiro atoms. The topological polar surface area (TPSA) is 111 Å². The number of aromatic nitrogens is 2. The Labute approximate surface area is 247 Å². The quantitative estimate of drug-likeness (QED) is 0.158. The Morgan fingerprint density at radius 2 is 1.86 bits per heavy atom. The number of aliphatic hydroxyl groups is 1. The molecule has 1 aromatic heterocycles. The van der Waals surface area contributed by atoms with E-state index in [9.17, 15) is 14.7 Å². The summed E-state index contributed by atoms with van der Waals surface area (Å²) in [4.78, 5) is 28.4. The SMILES string of the molecule is CCOc1cc(C2/C(=C(/O)c3ccc4c(c3)CC(C)O4)C(=O)C(=O)N2c2nnc(C)s2)ccc1OCc1ccccc1. The van der Waals surface area contributed by atoms with Crippen molar-refractivity contribution in [2.45, 2.75) is 45.9 Å². The van der Waals surface area contributed by atoms with Crippen molar-refractivity contribution in [1.82, 2.24) is 10.2 Å². The van der Waals surface area contributed by atoms with Crippen molar-refractivity contribution < 1.29 is 28.9 Å². The van der Waals surface area contributed by atoms with Crippen LogP contribution in [0.1, 0.15) is 47.2 Å². The van der Waals surface area contributed by atoms with Gasteiger partial charge in [-0.3, -0.25) is 14.5 Å². The number of amides is 1. The molecule has 1 amide bonds. The Morgan fingerprint density at radius 1 is 1.05 bits per heavy atom. The van der Waals surface area contributed by atoms with Crippen molar-refractivity contribution in [2.75, 3.05) is 11.5 Å². The van der Waals surface area contributed by atoms with Crippen LogP contribution in [0.2, 0.25) is 0 Å². The zero-order valence-corrected chi connectivity index (χ0v) is 24.2. The van der Waals surface area contributed by atoms with E-state index in [1.54, 1.807) is 43.3 Å². The highest BCUT2D eigenvalue weighted by Gasteiger charge is 2.48. The third-order valence-electron chi connectivity index (χ3n) is 7.16. The van der Waals surface area contributed by atoms with Gasteiger partial charge in [-0.2, -0.15) is 0 Å². The zero-order chi connectivity index (χ0) is 29.4. The summed E-state index contributed by atoms with van der Waals surface area (Å²) in [5.74, 6) is -0.162. The molecule has 2 aliphatic rings. The summed E-state index contributed by atoms with van der Waals surface area (Å²) in [6.45, 7) is 6.31. The minimum absolute atomic E-state index is 0.0169. The number of hydrogen-bond donors (Lipinski definition) is 1. The number of aliphatic hydroxyl groups excluding tert-OH is 1. The highest BCUT2D eigenvalue weighted by Crippen LogP contribution is 2.45. The van der Waals surface area contributed by atoms with Gasteiger partial charge in [0.05, 0.1) is 18.2 Å². The predicted octanol–water partition coefficient (Wildman–Crippen LogP) is 5.77. The number of carbonyl (C=O) groups excluding carboxylic acids is 2. The third kappa shape index (κ3) is 5.09. The molecule has 1 fully saturated rings. The number of nitrogens with zero attached hydrogens (tertiary/aromatic N) is 3. The van der Waals surface area contributed by atoms with E-state index in [0.717, 1.165) is 16.9 Å². The first-order chi connectivity index (χ1) is 20.3. The van der Waals surface area contributed by atoms with Gasteiger partial charge >= 0.3 is 5.91 Å². The number of carbonyl (C=O) groups is 2. The largest absolute Gasteiger partial charge is 0.507 e. The summed E-state index contributed by atoms with van der Waals surface area (Å²) in [5, 5.41) is 20.7. The number of fused-ring (bicyclic) bond motifs is 1. The number of hydrogen-bond acceptors (Lipinski definition) is 9. The van der Waals surface area contributed by atoms with Crippen LogP contribution in [0.5, 0.6) is 17.2 Å². The molecule has 1 saturated heterocycles. The van der Waals surface area contributed by atoms with Gasteiger partial charge in [-0.15, -0.1) is 10.2 Å². The summed E-state index contributed by atoms with van der Waals surface area (Å²) in [5.41, 5.74) is 2.86. The normalized spacial score (nSPS) is 19.1. The molecule has 2 unspecified atom stereocenters. The van der Waals surface area contributed by atoms with Gasteiger partial charge in [0.2, 0.25) is 5.13 Å². The number of ether oxygens (including phenoxy) is 3. The van der Waals surface area contributed by atoms with Crippen LogP contribution in [0.25, 0.3) is 5.76 Å². The maximum absolute atomic E-state index is 13.6. The van der Waals surface area contributed by atoms with Crippen LogP contribution in [0.3, 0.4) is 0 Å². The fraction of sp³-hybridized carbons (Fsp3) is 0.250. The van der Waals surface area contributed by atoms with Crippen LogP contribution in [0.15, 0.2) is 72.3 Å². The van der Waals surface area contributed by atoms with E-state index in [4.69, 9.17) is 14.2 Å². The molecule has 0 bridgehead atoms. The van der Waals surface area contributed by atoms with E-state index in [-0.39, 0.29) is 22.6 Å². The Bertz CT molecular complexity index is 1700. The molecule has 1 N–H and O–H groups in total. The number of anilines is 1. The number of rotatable bonds is 8. The smallest absolute Gasteiger partial charge is 0.301 e. The number of Topliss-reactive ketones (excluding diaryl/α,β-unsaturated/α-hetero) is 1. The van der Waals surface area contributed by atoms with Crippen LogP contribution in [0, 0.1) is 6.92 Å². The molecule has 0 radical (unpaired) electrons. The lowest BCUT2D eigenvalue weighted by atomic mass is 9.94. The molecule has 2 aliphatic heterocycles. The molecular formula is C32H29N3O6S. The van der Waals surface area contributed by atoms with Crippen LogP contribution < -0.4 is 19.1 Å². The Balaban J connectivity index is 1.45. The number of ketones is 1. The van der Waals surface area contributed by atoms with Gasteiger partial charge in [0.1, 0.15) is 29.2 Å². The second kappa shape index (κ2) is 11.3. The monoisotopic (exact) mass is 583 g/mol. The van der Waals surface area contributed by atoms with E-state index in [0.29, 0.717) is 47.3 Å². The number of aryl methyl sites for hydroxylation is 1. The standard InChI is InChI=1S/C32H29N3O6S/c1-4-39-26-16-21(10-13-25(26)40-17-20-8-6-5-7-9-20)28-27(30(37)31(38)35(28)32-34-33-19(3)42-32)29(36)22-11-12-24-23(15-22)14-18(2)41-24/h5-13,15-16,18,28,36H,4,14,17H2,1-3H3/b29-27-. The van der Waals surface area contributed by atoms with Gasteiger partial charge in [0, 0.05) is 12.0 Å². The Kier molecular flexibility index (Phi) is 7.38. The second-order valence-electron chi connectivity index (χ2n) is 10.1. The Morgan fingerprint density at radius 3 is 2.60 bits per heavy atom. The minimum Gasteiger partial charge on any atom is -0.507 e. The average Bonchev–Trinajstić information content (AvgIpc) is 3.66. The summed E-state index contributed by atoms with van der Waals surface area (Å²) in [6.07, 6.45) is 0.698. The average molecular weight is 584 g/mol. The van der Waals surface area contributed by atoms with Gasteiger partial charge in [0.25, 0.3) is 5.78 Å². The van der Waals surface area contributed by atoms with Gasteiger partial charge in [0.15, 0.2) is 11.5 Å². The van der Waals surface area contributed by atoms with Crippen molar-refractivity contribution >= 4 is 33.9 Å². The third-order valence-corrected chi connectivity index (χ3v) is 7.99. The van der Waals surface area contributed by atoms with E-state index in [2.05, 4.69) is 10.2 Å². The molecule has 10 heteroatoms.